The van der Waals surface area contributed by atoms with Crippen molar-refractivity contribution in [3.8, 4) is 0 Å². The second-order valence-corrected chi connectivity index (χ2v) is 4.65. The van der Waals surface area contributed by atoms with Crippen LogP contribution in [0.3, 0.4) is 0 Å². The van der Waals surface area contributed by atoms with Gasteiger partial charge in [-0.05, 0) is 17.0 Å². The van der Waals surface area contributed by atoms with Crippen molar-refractivity contribution in [3.05, 3.63) is 102 Å². The number of rotatable bonds is 1. The van der Waals surface area contributed by atoms with Gasteiger partial charge in [-0.2, -0.15) is 30.3 Å². The van der Waals surface area contributed by atoms with Crippen molar-refractivity contribution in [2.45, 2.75) is 5.92 Å². The average molecular weight is 292 g/mol. The molecule has 96 valence electrons. The molecular weight excluding hydrogens is 276 g/mol. The van der Waals surface area contributed by atoms with Gasteiger partial charge in [-0.25, -0.2) is 24.3 Å². The van der Waals surface area contributed by atoms with E-state index in [0.717, 1.165) is 0 Å². The zero-order chi connectivity index (χ0) is 12.9. The average Bonchev–Trinajstić information content (AvgIpc) is 3.21. The molecule has 0 aromatic heterocycles. The Kier molecular flexibility index (Phi) is 5.35. The Morgan fingerprint density at radius 2 is 1.55 bits per heavy atom. The Morgan fingerprint density at radius 1 is 0.850 bits per heavy atom. The van der Waals surface area contributed by atoms with Crippen LogP contribution >= 0.6 is 0 Å². The van der Waals surface area contributed by atoms with Crippen molar-refractivity contribution < 1.29 is 21.7 Å². The Balaban J connectivity index is 0.000000210. The van der Waals surface area contributed by atoms with Crippen molar-refractivity contribution >= 4 is 6.08 Å². The minimum absolute atomic E-state index is 0. The van der Waals surface area contributed by atoms with E-state index >= 15 is 0 Å². The van der Waals surface area contributed by atoms with Gasteiger partial charge < -0.3 is 0 Å². The van der Waals surface area contributed by atoms with E-state index in [1.54, 1.807) is 0 Å². The molecular formula is C19H16Ti. The smallest absolute Gasteiger partial charge is 0.214 e. The fraction of sp³-hybridized carbons (Fsp3) is 0.0526. The summed E-state index contributed by atoms with van der Waals surface area (Å²) >= 11 is 0. The second kappa shape index (κ2) is 7.24. The molecule has 3 aromatic rings. The van der Waals surface area contributed by atoms with Crippen molar-refractivity contribution in [1.82, 2.24) is 0 Å². The van der Waals surface area contributed by atoms with Crippen LogP contribution in [0.2, 0.25) is 0 Å². The largest absolute Gasteiger partial charge is 2.00 e. The molecule has 4 rings (SSSR count). The normalized spacial score (nSPS) is 14.9. The first-order chi connectivity index (χ1) is 9.45. The Morgan fingerprint density at radius 3 is 2.20 bits per heavy atom. The molecule has 1 aliphatic rings. The van der Waals surface area contributed by atoms with Crippen LogP contribution in [0.1, 0.15) is 22.6 Å². The molecule has 1 unspecified atom stereocenters. The van der Waals surface area contributed by atoms with Gasteiger partial charge in [0, 0.05) is 0 Å². The monoisotopic (exact) mass is 292 g/mol. The molecule has 3 aromatic carbocycles. The van der Waals surface area contributed by atoms with Gasteiger partial charge in [0.15, 0.2) is 0 Å². The second-order valence-electron chi connectivity index (χ2n) is 4.65. The van der Waals surface area contributed by atoms with Gasteiger partial charge in [-0.1, -0.05) is 36.4 Å². The number of hydrogen-bond donors (Lipinski definition) is 0. The number of benzene rings is 1. The summed E-state index contributed by atoms with van der Waals surface area (Å²) < 4.78 is 0. The maximum absolute atomic E-state index is 2.28. The van der Waals surface area contributed by atoms with Gasteiger partial charge >= 0.3 is 21.7 Å². The van der Waals surface area contributed by atoms with Crippen LogP contribution in [-0.4, -0.2) is 0 Å². The Hall–Kier alpha value is -1.63. The standard InChI is InChI=1S/C14H11.C5H5.Ti/c1-2-6-11(5-1)14-10-9-12-7-3-4-8-13(12)14;1-2-4-5-3-1;/h1-10,14H;1-5H;/q2*-1;+2. The van der Waals surface area contributed by atoms with Gasteiger partial charge in [0.2, 0.25) is 0 Å². The summed E-state index contributed by atoms with van der Waals surface area (Å²) in [5, 5.41) is 0. The predicted molar refractivity (Wildman–Crippen MR) is 81.4 cm³/mol. The van der Waals surface area contributed by atoms with Crippen molar-refractivity contribution in [1.29, 1.82) is 0 Å². The third-order valence-corrected chi connectivity index (χ3v) is 3.40. The third kappa shape index (κ3) is 3.28. The zero-order valence-corrected chi connectivity index (χ0v) is 12.8. The molecule has 0 spiro atoms. The van der Waals surface area contributed by atoms with Gasteiger partial charge in [0.05, 0.1) is 0 Å². The number of allylic oxidation sites excluding steroid dienone is 1. The Bertz CT molecular complexity index is 613. The fourth-order valence-corrected chi connectivity index (χ4v) is 2.46. The summed E-state index contributed by atoms with van der Waals surface area (Å²) in [5.74, 6) is 0.473. The van der Waals surface area contributed by atoms with Gasteiger partial charge in [0.1, 0.15) is 0 Å². The molecule has 0 nitrogen and oxygen atoms in total. The predicted octanol–water partition coefficient (Wildman–Crippen LogP) is 4.97. The first kappa shape index (κ1) is 14.8. The molecule has 0 heterocycles. The zero-order valence-electron chi connectivity index (χ0n) is 11.2. The molecule has 0 saturated heterocycles. The van der Waals surface area contributed by atoms with E-state index in [9.17, 15) is 0 Å². The molecule has 0 radical (unpaired) electrons. The van der Waals surface area contributed by atoms with E-state index in [2.05, 4.69) is 60.7 Å². The van der Waals surface area contributed by atoms with Crippen molar-refractivity contribution in [3.63, 3.8) is 0 Å². The molecule has 20 heavy (non-hydrogen) atoms. The van der Waals surface area contributed by atoms with Crippen LogP contribution < -0.4 is 0 Å². The van der Waals surface area contributed by atoms with Crippen LogP contribution in [0, 0.1) is 0 Å². The molecule has 0 N–H and O–H groups in total. The van der Waals surface area contributed by atoms with E-state index < -0.39 is 0 Å². The van der Waals surface area contributed by atoms with E-state index in [1.165, 1.54) is 16.7 Å². The molecule has 1 heteroatoms. The van der Waals surface area contributed by atoms with Crippen molar-refractivity contribution in [2.75, 3.05) is 0 Å². The van der Waals surface area contributed by atoms with Crippen LogP contribution in [-0.2, 0) is 21.7 Å². The molecule has 0 bridgehead atoms. The third-order valence-electron chi connectivity index (χ3n) is 3.40. The minimum atomic E-state index is 0. The van der Waals surface area contributed by atoms with Crippen LogP contribution in [0.25, 0.3) is 6.08 Å². The number of hydrogen-bond acceptors (Lipinski definition) is 0. The van der Waals surface area contributed by atoms with E-state index in [-0.39, 0.29) is 21.7 Å². The van der Waals surface area contributed by atoms with Gasteiger partial charge in [-0.3, -0.25) is 0 Å². The van der Waals surface area contributed by atoms with Crippen LogP contribution in [0.5, 0.6) is 0 Å². The summed E-state index contributed by atoms with van der Waals surface area (Å²) in [5.41, 5.74) is 4.18. The van der Waals surface area contributed by atoms with E-state index in [1.807, 2.05) is 30.3 Å². The maximum atomic E-state index is 2.28. The fourth-order valence-electron chi connectivity index (χ4n) is 2.46. The van der Waals surface area contributed by atoms with E-state index in [0.29, 0.717) is 5.92 Å². The van der Waals surface area contributed by atoms with Gasteiger partial charge in [0.25, 0.3) is 0 Å². The first-order valence-corrected chi connectivity index (χ1v) is 6.60. The topological polar surface area (TPSA) is 0 Å². The maximum Gasteiger partial charge on any atom is 2.00 e. The SMILES string of the molecule is C1=CC([c-]2cccc2)c2ccccc21.[Ti+2].c1cc[cH-]c1. The molecule has 1 aliphatic carbocycles. The summed E-state index contributed by atoms with van der Waals surface area (Å²) in [6.45, 7) is 0. The molecule has 0 fully saturated rings. The van der Waals surface area contributed by atoms with Gasteiger partial charge in [-0.15, -0.1) is 5.56 Å². The molecule has 0 amide bonds. The Labute approximate surface area is 135 Å². The summed E-state index contributed by atoms with van der Waals surface area (Å²) in [6, 6.07) is 27.2. The summed E-state index contributed by atoms with van der Waals surface area (Å²) in [7, 11) is 0. The molecule has 1 atom stereocenters. The molecule has 0 aliphatic heterocycles. The quantitative estimate of drug-likeness (QED) is 0.439. The minimum Gasteiger partial charge on any atom is -0.214 e. The first-order valence-electron chi connectivity index (χ1n) is 6.60. The van der Waals surface area contributed by atoms with E-state index in [4.69, 9.17) is 0 Å². The van der Waals surface area contributed by atoms with Crippen LogP contribution in [0.15, 0.2) is 84.9 Å². The van der Waals surface area contributed by atoms with Crippen molar-refractivity contribution in [2.24, 2.45) is 0 Å². The summed E-state index contributed by atoms with van der Waals surface area (Å²) in [4.78, 5) is 0. The van der Waals surface area contributed by atoms with Crippen LogP contribution in [0.4, 0.5) is 0 Å². The summed E-state index contributed by atoms with van der Waals surface area (Å²) in [6.07, 6.45) is 4.49. The number of fused-ring (bicyclic) bond motifs is 1. The molecule has 0 saturated carbocycles.